The molecule has 1 unspecified atom stereocenters. The maximum Gasteiger partial charge on any atom is 0.0843 e. The fraction of sp³-hybridized carbons (Fsp3) is 0.368. The largest absolute Gasteiger partial charge is 0.113 e. The second kappa shape index (κ2) is 6.01. The number of hydrogen-bond acceptors (Lipinski definition) is 0. The summed E-state index contributed by atoms with van der Waals surface area (Å²) < 4.78 is 0. The van der Waals surface area contributed by atoms with Crippen LogP contribution in [0.4, 0.5) is 0 Å². The van der Waals surface area contributed by atoms with Crippen LogP contribution in [0, 0.1) is 27.7 Å². The van der Waals surface area contributed by atoms with Crippen LogP contribution in [-0.4, -0.2) is 0 Å². The van der Waals surface area contributed by atoms with E-state index in [-0.39, 0.29) is 5.38 Å². The van der Waals surface area contributed by atoms with Gasteiger partial charge in [-0.3, -0.25) is 0 Å². The minimum atomic E-state index is -0.0650. The lowest BCUT2D eigenvalue weighted by Crippen LogP contribution is -2.05. The van der Waals surface area contributed by atoms with E-state index in [1.165, 1.54) is 38.9 Å². The Balaban J connectivity index is 2.62. The van der Waals surface area contributed by atoms with Crippen LogP contribution < -0.4 is 0 Å². The Bertz CT molecular complexity index is 600. The summed E-state index contributed by atoms with van der Waals surface area (Å²) in [4.78, 5) is 0. The minimum Gasteiger partial charge on any atom is -0.113 e. The molecule has 106 valence electrons. The molecule has 0 bridgehead atoms. The van der Waals surface area contributed by atoms with E-state index in [4.69, 9.17) is 11.6 Å². The Labute approximate surface area is 127 Å². The Morgan fingerprint density at radius 2 is 1.50 bits per heavy atom. The van der Waals surface area contributed by atoms with Crippen LogP contribution in [0.5, 0.6) is 0 Å². The van der Waals surface area contributed by atoms with Gasteiger partial charge in [0, 0.05) is 0 Å². The van der Waals surface area contributed by atoms with E-state index < -0.39 is 0 Å². The molecule has 2 aromatic carbocycles. The molecular weight excluding hydrogens is 264 g/mol. The van der Waals surface area contributed by atoms with Gasteiger partial charge in [0.05, 0.1) is 5.38 Å². The fourth-order valence-corrected chi connectivity index (χ4v) is 3.43. The van der Waals surface area contributed by atoms with E-state index in [0.717, 1.165) is 6.42 Å². The first kappa shape index (κ1) is 15.1. The van der Waals surface area contributed by atoms with Gasteiger partial charge in [0.25, 0.3) is 0 Å². The molecule has 0 N–H and O–H groups in total. The van der Waals surface area contributed by atoms with Crippen molar-refractivity contribution >= 4 is 11.6 Å². The summed E-state index contributed by atoms with van der Waals surface area (Å²) in [6.07, 6.45) is 1.02. The van der Waals surface area contributed by atoms with Crippen LogP contribution in [0.1, 0.15) is 51.2 Å². The number of benzene rings is 2. The minimum absolute atomic E-state index is 0.0650. The first-order valence-corrected chi connectivity index (χ1v) is 7.70. The zero-order valence-electron chi connectivity index (χ0n) is 13.0. The van der Waals surface area contributed by atoms with E-state index in [1.807, 2.05) is 0 Å². The Kier molecular flexibility index (Phi) is 4.55. The summed E-state index contributed by atoms with van der Waals surface area (Å²) in [6, 6.07) is 10.8. The van der Waals surface area contributed by atoms with Crippen molar-refractivity contribution in [2.45, 2.75) is 46.4 Å². The van der Waals surface area contributed by atoms with E-state index >= 15 is 0 Å². The molecule has 1 atom stereocenters. The standard InChI is InChI=1S/C19H23Cl/c1-6-16-9-7-8-10-17(16)19(20)18-14(4)12(2)11-13(3)15(18)5/h7-11,19H,6H2,1-5H3. The highest BCUT2D eigenvalue weighted by atomic mass is 35.5. The molecule has 20 heavy (non-hydrogen) atoms. The highest BCUT2D eigenvalue weighted by Crippen LogP contribution is 2.37. The summed E-state index contributed by atoms with van der Waals surface area (Å²) in [6.45, 7) is 10.9. The van der Waals surface area contributed by atoms with Crippen molar-refractivity contribution in [1.29, 1.82) is 0 Å². The molecule has 0 saturated carbocycles. The Morgan fingerprint density at radius 3 is 2.05 bits per heavy atom. The molecule has 2 rings (SSSR count). The molecule has 2 aromatic rings. The third-order valence-electron chi connectivity index (χ3n) is 4.39. The zero-order valence-corrected chi connectivity index (χ0v) is 13.8. The van der Waals surface area contributed by atoms with Crippen molar-refractivity contribution in [1.82, 2.24) is 0 Å². The number of alkyl halides is 1. The van der Waals surface area contributed by atoms with Crippen molar-refractivity contribution in [3.63, 3.8) is 0 Å². The number of rotatable bonds is 3. The monoisotopic (exact) mass is 286 g/mol. The number of hydrogen-bond donors (Lipinski definition) is 0. The molecule has 0 aromatic heterocycles. The van der Waals surface area contributed by atoms with Gasteiger partial charge in [0.1, 0.15) is 0 Å². The molecular formula is C19H23Cl. The molecule has 0 fully saturated rings. The number of halogens is 1. The van der Waals surface area contributed by atoms with Crippen LogP contribution >= 0.6 is 11.6 Å². The van der Waals surface area contributed by atoms with Crippen molar-refractivity contribution in [2.24, 2.45) is 0 Å². The quantitative estimate of drug-likeness (QED) is 0.625. The SMILES string of the molecule is CCc1ccccc1C(Cl)c1c(C)c(C)cc(C)c1C. The third-order valence-corrected chi connectivity index (χ3v) is 4.84. The summed E-state index contributed by atoms with van der Waals surface area (Å²) >= 11 is 6.87. The first-order chi connectivity index (χ1) is 9.47. The highest BCUT2D eigenvalue weighted by molar-refractivity contribution is 6.23. The molecule has 0 spiro atoms. The van der Waals surface area contributed by atoms with E-state index in [2.05, 4.69) is 65.0 Å². The van der Waals surface area contributed by atoms with Crippen molar-refractivity contribution in [3.05, 3.63) is 69.3 Å². The van der Waals surface area contributed by atoms with Gasteiger partial charge in [0.2, 0.25) is 0 Å². The zero-order chi connectivity index (χ0) is 14.9. The summed E-state index contributed by atoms with van der Waals surface area (Å²) in [7, 11) is 0. The van der Waals surface area contributed by atoms with E-state index in [1.54, 1.807) is 0 Å². The molecule has 0 radical (unpaired) electrons. The van der Waals surface area contributed by atoms with Crippen LogP contribution in [0.3, 0.4) is 0 Å². The lowest BCUT2D eigenvalue weighted by Gasteiger charge is -2.21. The molecule has 0 aliphatic heterocycles. The van der Waals surface area contributed by atoms with Crippen LogP contribution in [0.25, 0.3) is 0 Å². The molecule has 0 nitrogen and oxygen atoms in total. The Hall–Kier alpha value is -1.27. The van der Waals surface area contributed by atoms with Crippen LogP contribution in [0.2, 0.25) is 0 Å². The second-order valence-electron chi connectivity index (χ2n) is 5.59. The van der Waals surface area contributed by atoms with Gasteiger partial charge in [-0.15, -0.1) is 11.6 Å². The maximum atomic E-state index is 6.87. The molecule has 0 amide bonds. The lowest BCUT2D eigenvalue weighted by atomic mass is 9.88. The first-order valence-electron chi connectivity index (χ1n) is 7.26. The van der Waals surface area contributed by atoms with Crippen molar-refractivity contribution in [3.8, 4) is 0 Å². The van der Waals surface area contributed by atoms with Crippen LogP contribution in [-0.2, 0) is 6.42 Å². The van der Waals surface area contributed by atoms with Crippen molar-refractivity contribution in [2.75, 3.05) is 0 Å². The van der Waals surface area contributed by atoms with E-state index in [9.17, 15) is 0 Å². The van der Waals surface area contributed by atoms with Crippen LogP contribution in [0.15, 0.2) is 30.3 Å². The summed E-state index contributed by atoms with van der Waals surface area (Å²) in [5.41, 5.74) is 9.15. The average molecular weight is 287 g/mol. The van der Waals surface area contributed by atoms with Gasteiger partial charge in [-0.05, 0) is 73.1 Å². The summed E-state index contributed by atoms with van der Waals surface area (Å²) in [5.74, 6) is 0. The average Bonchev–Trinajstić information content (AvgIpc) is 2.45. The molecule has 0 saturated heterocycles. The smallest absolute Gasteiger partial charge is 0.0843 e. The second-order valence-corrected chi connectivity index (χ2v) is 6.03. The molecule has 0 heterocycles. The van der Waals surface area contributed by atoms with Gasteiger partial charge in [-0.1, -0.05) is 37.3 Å². The highest BCUT2D eigenvalue weighted by Gasteiger charge is 2.20. The van der Waals surface area contributed by atoms with E-state index in [0.29, 0.717) is 0 Å². The van der Waals surface area contributed by atoms with Gasteiger partial charge >= 0.3 is 0 Å². The van der Waals surface area contributed by atoms with Crippen molar-refractivity contribution < 1.29 is 0 Å². The molecule has 1 heteroatoms. The maximum absolute atomic E-state index is 6.87. The third kappa shape index (κ3) is 2.62. The van der Waals surface area contributed by atoms with Gasteiger partial charge in [-0.25, -0.2) is 0 Å². The molecule has 0 aliphatic rings. The molecule has 0 aliphatic carbocycles. The predicted molar refractivity (Wildman–Crippen MR) is 88.9 cm³/mol. The van der Waals surface area contributed by atoms with Gasteiger partial charge in [-0.2, -0.15) is 0 Å². The Morgan fingerprint density at radius 1 is 0.950 bits per heavy atom. The predicted octanol–water partition coefficient (Wildman–Crippen LogP) is 5.81. The van der Waals surface area contributed by atoms with Gasteiger partial charge in [0.15, 0.2) is 0 Å². The number of aryl methyl sites for hydroxylation is 3. The van der Waals surface area contributed by atoms with Gasteiger partial charge < -0.3 is 0 Å². The topological polar surface area (TPSA) is 0 Å². The normalized spacial score (nSPS) is 12.5. The summed E-state index contributed by atoms with van der Waals surface area (Å²) in [5, 5.41) is -0.0650. The lowest BCUT2D eigenvalue weighted by molar-refractivity contribution is 1.00. The fourth-order valence-electron chi connectivity index (χ4n) is 2.89.